The van der Waals surface area contributed by atoms with Gasteiger partial charge in [0.15, 0.2) is 6.29 Å². The number of benzene rings is 4. The SMILES string of the molecule is CC1C(CN2CCN(c3ncccn3)CC2)OC(c2ccc(-c3cccc(CNC(=O)NCc4ccccc4)c3)cc2)OC1c1ccc(CO)cc1. The van der Waals surface area contributed by atoms with Crippen LogP contribution in [0, 0.1) is 5.92 Å². The number of aliphatic hydroxyl groups is 1. The van der Waals surface area contributed by atoms with E-state index in [0.29, 0.717) is 13.1 Å². The second-order valence-corrected chi connectivity index (χ2v) is 13.5. The van der Waals surface area contributed by atoms with E-state index in [9.17, 15) is 9.90 Å². The highest BCUT2D eigenvalue weighted by Gasteiger charge is 2.39. The fraction of sp³-hybridized carbons (Fsp3) is 0.310. The number of anilines is 1. The van der Waals surface area contributed by atoms with Gasteiger partial charge in [-0.3, -0.25) is 4.90 Å². The summed E-state index contributed by atoms with van der Waals surface area (Å²) >= 11 is 0. The molecule has 2 aliphatic rings. The van der Waals surface area contributed by atoms with Crippen LogP contribution < -0.4 is 15.5 Å². The highest BCUT2D eigenvalue weighted by molar-refractivity contribution is 5.74. The summed E-state index contributed by atoms with van der Waals surface area (Å²) in [6.45, 7) is 7.41. The largest absolute Gasteiger partial charge is 0.392 e. The highest BCUT2D eigenvalue weighted by atomic mass is 16.7. The predicted molar refractivity (Wildman–Crippen MR) is 201 cm³/mol. The fourth-order valence-electron chi connectivity index (χ4n) is 6.88. The van der Waals surface area contributed by atoms with Gasteiger partial charge in [0.1, 0.15) is 0 Å². The molecule has 2 aliphatic heterocycles. The van der Waals surface area contributed by atoms with Crippen LogP contribution in [0.4, 0.5) is 10.7 Å². The average Bonchev–Trinajstić information content (AvgIpc) is 3.21. The lowest BCUT2D eigenvalue weighted by Gasteiger charge is -2.44. The van der Waals surface area contributed by atoms with Crippen molar-refractivity contribution in [1.82, 2.24) is 25.5 Å². The van der Waals surface area contributed by atoms with E-state index in [1.807, 2.05) is 60.7 Å². The Kier molecular flexibility index (Phi) is 11.5. The van der Waals surface area contributed by atoms with Gasteiger partial charge in [-0.2, -0.15) is 0 Å². The number of hydrogen-bond donors (Lipinski definition) is 3. The Morgan fingerprint density at radius 3 is 2.12 bits per heavy atom. The fourth-order valence-corrected chi connectivity index (χ4v) is 6.88. The molecule has 10 nitrogen and oxygen atoms in total. The van der Waals surface area contributed by atoms with Gasteiger partial charge in [0.25, 0.3) is 0 Å². The number of nitrogens with zero attached hydrogens (tertiary/aromatic N) is 4. The Morgan fingerprint density at radius 1 is 0.731 bits per heavy atom. The van der Waals surface area contributed by atoms with Gasteiger partial charge in [-0.15, -0.1) is 0 Å². The number of rotatable bonds is 11. The van der Waals surface area contributed by atoms with Crippen LogP contribution in [0.25, 0.3) is 11.1 Å². The Balaban J connectivity index is 1.01. The number of aliphatic hydroxyl groups excluding tert-OH is 1. The number of amides is 2. The summed E-state index contributed by atoms with van der Waals surface area (Å²) in [5.74, 6) is 0.876. The molecule has 3 heterocycles. The molecule has 52 heavy (non-hydrogen) atoms. The molecule has 10 heteroatoms. The van der Waals surface area contributed by atoms with Crippen molar-refractivity contribution in [2.24, 2.45) is 5.92 Å². The average molecular weight is 699 g/mol. The Labute approximate surface area is 305 Å². The molecular weight excluding hydrogens is 653 g/mol. The summed E-state index contributed by atoms with van der Waals surface area (Å²) in [6, 6.07) is 36.1. The normalized spacial score (nSPS) is 20.7. The quantitative estimate of drug-likeness (QED) is 0.149. The summed E-state index contributed by atoms with van der Waals surface area (Å²) in [4.78, 5) is 26.0. The summed E-state index contributed by atoms with van der Waals surface area (Å²) < 4.78 is 13.5. The number of carbonyl (C=O) groups excluding carboxylic acids is 1. The van der Waals surface area contributed by atoms with Crippen LogP contribution in [-0.4, -0.2) is 64.8 Å². The first-order valence-electron chi connectivity index (χ1n) is 18.0. The van der Waals surface area contributed by atoms with Crippen molar-refractivity contribution in [2.45, 2.75) is 45.1 Å². The molecule has 3 N–H and O–H groups in total. The molecular formula is C42H46N6O4. The number of hydrogen-bond acceptors (Lipinski definition) is 8. The minimum Gasteiger partial charge on any atom is -0.392 e. The zero-order valence-electron chi connectivity index (χ0n) is 29.5. The maximum Gasteiger partial charge on any atom is 0.315 e. The molecule has 268 valence electrons. The van der Waals surface area contributed by atoms with Crippen molar-refractivity contribution in [2.75, 3.05) is 37.6 Å². The van der Waals surface area contributed by atoms with Crippen molar-refractivity contribution in [3.63, 3.8) is 0 Å². The zero-order valence-corrected chi connectivity index (χ0v) is 29.5. The Hall–Kier alpha value is -5.13. The van der Waals surface area contributed by atoms with Gasteiger partial charge < -0.3 is 30.1 Å². The van der Waals surface area contributed by atoms with Crippen molar-refractivity contribution in [3.8, 4) is 11.1 Å². The second kappa shape index (κ2) is 16.9. The molecule has 7 rings (SSSR count). The second-order valence-electron chi connectivity index (χ2n) is 13.5. The number of piperazine rings is 1. The maximum absolute atomic E-state index is 12.4. The first-order chi connectivity index (χ1) is 25.5. The standard InChI is InChI=1S/C42H46N6O4/c1-30-38(28-47-21-23-48(24-22-47)41-43-19-6-20-44-41)51-40(52-39(30)35-13-11-32(29-49)12-14-35)36-17-15-34(16-18-36)37-10-5-9-33(25-37)27-46-42(50)45-26-31-7-3-2-4-8-31/h2-20,25,30,38-40,49H,21-24,26-29H2,1H3,(H2,45,46,50). The van der Waals surface area contributed by atoms with Gasteiger partial charge in [-0.05, 0) is 45.5 Å². The smallest absolute Gasteiger partial charge is 0.315 e. The summed E-state index contributed by atoms with van der Waals surface area (Å²) in [7, 11) is 0. The van der Waals surface area contributed by atoms with Crippen LogP contribution in [-0.2, 0) is 29.2 Å². The molecule has 4 atom stereocenters. The van der Waals surface area contributed by atoms with Crippen molar-refractivity contribution in [1.29, 1.82) is 0 Å². The lowest BCUT2D eigenvalue weighted by Crippen LogP contribution is -2.51. The minimum absolute atomic E-state index is 0.00553. The van der Waals surface area contributed by atoms with Crippen molar-refractivity contribution >= 4 is 12.0 Å². The molecule has 4 unspecified atom stereocenters. The van der Waals surface area contributed by atoms with Gasteiger partial charge in [0.05, 0.1) is 18.8 Å². The van der Waals surface area contributed by atoms with Gasteiger partial charge in [-0.1, -0.05) is 104 Å². The van der Waals surface area contributed by atoms with Crippen molar-refractivity contribution < 1.29 is 19.4 Å². The van der Waals surface area contributed by atoms with E-state index in [-0.39, 0.29) is 30.8 Å². The van der Waals surface area contributed by atoms with E-state index in [1.165, 1.54) is 0 Å². The lowest BCUT2D eigenvalue weighted by molar-refractivity contribution is -0.276. The number of urea groups is 1. The van der Waals surface area contributed by atoms with Crippen LogP contribution in [0.3, 0.4) is 0 Å². The van der Waals surface area contributed by atoms with Crippen LogP contribution in [0.2, 0.25) is 0 Å². The van der Waals surface area contributed by atoms with Crippen LogP contribution >= 0.6 is 0 Å². The third-order valence-electron chi connectivity index (χ3n) is 9.96. The third-order valence-corrected chi connectivity index (χ3v) is 9.96. The van der Waals surface area contributed by atoms with Gasteiger partial charge >= 0.3 is 6.03 Å². The highest BCUT2D eigenvalue weighted by Crippen LogP contribution is 2.42. The number of nitrogens with one attached hydrogen (secondary N) is 2. The molecule has 4 aromatic carbocycles. The molecule has 2 amide bonds. The lowest BCUT2D eigenvalue weighted by atomic mass is 9.89. The number of aromatic nitrogens is 2. The molecule has 0 radical (unpaired) electrons. The van der Waals surface area contributed by atoms with E-state index in [1.54, 1.807) is 12.4 Å². The first kappa shape index (κ1) is 35.3. The summed E-state index contributed by atoms with van der Waals surface area (Å²) in [5.41, 5.74) is 7.10. The minimum atomic E-state index is -0.540. The predicted octanol–water partition coefficient (Wildman–Crippen LogP) is 6.25. The molecule has 2 fully saturated rings. The molecule has 5 aromatic rings. The molecule has 0 bridgehead atoms. The van der Waals surface area contributed by atoms with Gasteiger partial charge in [0, 0.05) is 69.7 Å². The topological polar surface area (TPSA) is 112 Å². The van der Waals surface area contributed by atoms with E-state index in [0.717, 1.165) is 77.6 Å². The molecule has 0 aliphatic carbocycles. The van der Waals surface area contributed by atoms with Crippen LogP contribution in [0.15, 0.2) is 122 Å². The number of ether oxygens (including phenoxy) is 2. The van der Waals surface area contributed by atoms with E-state index in [2.05, 4.69) is 85.9 Å². The zero-order chi connectivity index (χ0) is 35.7. The van der Waals surface area contributed by atoms with Crippen molar-refractivity contribution in [3.05, 3.63) is 149 Å². The first-order valence-corrected chi connectivity index (χ1v) is 18.0. The maximum atomic E-state index is 12.4. The number of carbonyl (C=O) groups is 1. The van der Waals surface area contributed by atoms with E-state index < -0.39 is 6.29 Å². The van der Waals surface area contributed by atoms with Gasteiger partial charge in [0.2, 0.25) is 5.95 Å². The molecule has 0 saturated carbocycles. The third kappa shape index (κ3) is 8.83. The van der Waals surface area contributed by atoms with E-state index in [4.69, 9.17) is 9.47 Å². The summed E-state index contributed by atoms with van der Waals surface area (Å²) in [5, 5.41) is 15.5. The van der Waals surface area contributed by atoms with Gasteiger partial charge in [-0.25, -0.2) is 14.8 Å². The Bertz CT molecular complexity index is 1870. The molecule has 1 aromatic heterocycles. The van der Waals surface area contributed by atoms with Crippen LogP contribution in [0.1, 0.15) is 47.1 Å². The van der Waals surface area contributed by atoms with E-state index >= 15 is 0 Å². The Morgan fingerprint density at radius 2 is 1.40 bits per heavy atom. The van der Waals surface area contributed by atoms with Crippen LogP contribution in [0.5, 0.6) is 0 Å². The molecule has 0 spiro atoms. The monoisotopic (exact) mass is 698 g/mol. The summed E-state index contributed by atoms with van der Waals surface area (Å²) in [6.07, 6.45) is 2.80. The molecule has 2 saturated heterocycles.